The highest BCUT2D eigenvalue weighted by molar-refractivity contribution is 4.93. The lowest BCUT2D eigenvalue weighted by Crippen LogP contribution is -2.52. The Kier molecular flexibility index (Phi) is 90.8. The molecule has 0 saturated carbocycles. The molecular formula is C25H66F10O3. The van der Waals surface area contributed by atoms with Crippen molar-refractivity contribution in [2.75, 3.05) is 13.3 Å². The van der Waals surface area contributed by atoms with E-state index in [1.54, 1.807) is 0 Å². The first-order valence-electron chi connectivity index (χ1n) is 7.25. The molecule has 0 saturated heterocycles. The quantitative estimate of drug-likeness (QED) is 0.221. The maximum Gasteiger partial charge on any atom is 0.487 e. The van der Waals surface area contributed by atoms with Gasteiger partial charge in [0.1, 0.15) is 0 Å². The molecule has 0 rings (SSSR count). The SMILES string of the molecule is C.C.C.C.C.C.C.C.C.C.C.C=C(F)C(F)(F)OC(C)(F)C(F)(F)OC(O)(F)F.CCC(C)CF.CCF. The molecule has 2 unspecified atom stereocenters. The van der Waals surface area contributed by atoms with Crippen molar-refractivity contribution in [1.82, 2.24) is 0 Å². The molecule has 0 radical (unpaired) electrons. The highest BCUT2D eigenvalue weighted by Gasteiger charge is 2.63. The van der Waals surface area contributed by atoms with Gasteiger partial charge in [0.05, 0.1) is 13.3 Å². The number of hydrogen-bond acceptors (Lipinski definition) is 3. The molecule has 0 amide bonds. The Morgan fingerprint density at radius 1 is 0.737 bits per heavy atom. The number of rotatable bonds is 8. The van der Waals surface area contributed by atoms with Crippen molar-refractivity contribution in [3.63, 3.8) is 0 Å². The average Bonchev–Trinajstić information content (AvgIpc) is 2.44. The summed E-state index contributed by atoms with van der Waals surface area (Å²) < 4.78 is 125. The monoisotopic (exact) mass is 604 g/mol. The summed E-state index contributed by atoms with van der Waals surface area (Å²) in [6.45, 7) is 6.47. The van der Waals surface area contributed by atoms with Crippen LogP contribution in [0.15, 0.2) is 12.4 Å². The van der Waals surface area contributed by atoms with E-state index in [1.807, 2.05) is 20.4 Å². The van der Waals surface area contributed by atoms with E-state index >= 15 is 0 Å². The number of ether oxygens (including phenoxy) is 2. The van der Waals surface area contributed by atoms with Gasteiger partial charge in [0.2, 0.25) is 0 Å². The zero-order valence-corrected chi connectivity index (χ0v) is 14.9. The summed E-state index contributed by atoms with van der Waals surface area (Å²) in [4.78, 5) is 0. The van der Waals surface area contributed by atoms with Crippen molar-refractivity contribution in [2.24, 2.45) is 5.92 Å². The van der Waals surface area contributed by atoms with Gasteiger partial charge < -0.3 is 5.11 Å². The van der Waals surface area contributed by atoms with E-state index in [1.165, 1.54) is 6.92 Å². The summed E-state index contributed by atoms with van der Waals surface area (Å²) in [6.07, 6.45) is -15.5. The summed E-state index contributed by atoms with van der Waals surface area (Å²) in [5, 5.41) is 7.59. The standard InChI is InChI=1S/C7H6F8O3.C5H11F.C2H5F.11CH4/c1-3(8)5(10,11)17-4(2,9)6(12,13)18-7(14,15)16;1-3-5(2)4-6;1-2-3;;;;;;;;;;;/h16H,1H2,2H3;5H,3-4H2,1-2H3;2H2,1H3;11*1H4. The van der Waals surface area contributed by atoms with Gasteiger partial charge in [-0.15, -0.1) is 8.78 Å². The van der Waals surface area contributed by atoms with Crippen molar-refractivity contribution in [1.29, 1.82) is 0 Å². The first-order valence-corrected chi connectivity index (χ1v) is 7.25. The number of alkyl halides is 9. The Morgan fingerprint density at radius 2 is 1.00 bits per heavy atom. The van der Waals surface area contributed by atoms with Crippen LogP contribution in [0, 0.1) is 5.92 Å². The van der Waals surface area contributed by atoms with E-state index in [4.69, 9.17) is 5.11 Å². The van der Waals surface area contributed by atoms with Crippen LogP contribution in [-0.4, -0.2) is 42.8 Å². The first-order chi connectivity index (χ1) is 11.8. The van der Waals surface area contributed by atoms with E-state index in [2.05, 4.69) is 9.47 Å². The second-order valence-corrected chi connectivity index (χ2v) is 4.98. The second-order valence-electron chi connectivity index (χ2n) is 4.98. The van der Waals surface area contributed by atoms with Crippen molar-refractivity contribution in [3.05, 3.63) is 12.4 Å². The van der Waals surface area contributed by atoms with Crippen molar-refractivity contribution >= 4 is 0 Å². The van der Waals surface area contributed by atoms with Crippen molar-refractivity contribution in [2.45, 2.75) is 140 Å². The maximum absolute atomic E-state index is 13.0. The molecule has 0 bridgehead atoms. The summed E-state index contributed by atoms with van der Waals surface area (Å²) in [5.74, 6) is -7.25. The lowest BCUT2D eigenvalue weighted by Gasteiger charge is -2.32. The zero-order valence-electron chi connectivity index (χ0n) is 14.9. The average molecular weight is 605 g/mol. The van der Waals surface area contributed by atoms with Crippen molar-refractivity contribution < 1.29 is 58.5 Å². The molecule has 0 aromatic rings. The highest BCUT2D eigenvalue weighted by atomic mass is 19.3. The largest absolute Gasteiger partial charge is 0.487 e. The fourth-order valence-electron chi connectivity index (χ4n) is 0.710. The van der Waals surface area contributed by atoms with Gasteiger partial charge in [-0.2, -0.15) is 17.6 Å². The van der Waals surface area contributed by atoms with Gasteiger partial charge in [0.25, 0.3) is 0 Å². The number of hydrogen-bond donors (Lipinski definition) is 1. The van der Waals surface area contributed by atoms with Crippen LogP contribution < -0.4 is 0 Å². The number of aliphatic hydroxyl groups is 1. The molecule has 0 aromatic carbocycles. The number of halogens is 10. The van der Waals surface area contributed by atoms with Crippen LogP contribution in [0.1, 0.15) is 116 Å². The van der Waals surface area contributed by atoms with Crippen LogP contribution in [0.25, 0.3) is 0 Å². The third kappa shape index (κ3) is 44.9. The molecule has 0 fully saturated rings. The zero-order chi connectivity index (χ0) is 22.7. The Labute approximate surface area is 231 Å². The van der Waals surface area contributed by atoms with Crippen LogP contribution in [0.5, 0.6) is 0 Å². The Bertz CT molecular complexity index is 415. The summed E-state index contributed by atoms with van der Waals surface area (Å²) >= 11 is 0. The third-order valence-electron chi connectivity index (χ3n) is 2.37. The molecule has 0 aliphatic carbocycles. The fraction of sp³-hybridized carbons (Fsp3) is 0.920. The summed E-state index contributed by atoms with van der Waals surface area (Å²) in [7, 11) is 0. The smallest absolute Gasteiger partial charge is 0.311 e. The molecule has 1 N–H and O–H groups in total. The molecule has 0 aliphatic heterocycles. The molecule has 0 aromatic heterocycles. The van der Waals surface area contributed by atoms with Gasteiger partial charge in [-0.1, -0.05) is 109 Å². The minimum absolute atomic E-state index is 0. The van der Waals surface area contributed by atoms with Gasteiger partial charge >= 0.3 is 24.4 Å². The predicted molar refractivity (Wildman–Crippen MR) is 150 cm³/mol. The normalized spacial score (nSPS) is 11.0. The topological polar surface area (TPSA) is 38.7 Å². The van der Waals surface area contributed by atoms with Gasteiger partial charge in [-0.25, -0.2) is 13.5 Å². The Balaban J connectivity index is -0.0000000213. The van der Waals surface area contributed by atoms with Crippen LogP contribution in [-0.2, 0) is 9.47 Å². The molecule has 0 spiro atoms. The van der Waals surface area contributed by atoms with Crippen LogP contribution >= 0.6 is 0 Å². The van der Waals surface area contributed by atoms with Gasteiger partial charge in [0, 0.05) is 6.92 Å². The molecule has 13 heteroatoms. The molecule has 2 atom stereocenters. The lowest BCUT2D eigenvalue weighted by molar-refractivity contribution is -0.511. The van der Waals surface area contributed by atoms with Crippen LogP contribution in [0.2, 0.25) is 0 Å². The van der Waals surface area contributed by atoms with Crippen LogP contribution in [0.4, 0.5) is 43.9 Å². The van der Waals surface area contributed by atoms with Gasteiger partial charge in [-0.05, 0) is 12.8 Å². The van der Waals surface area contributed by atoms with Gasteiger partial charge in [-0.3, -0.25) is 13.5 Å². The third-order valence-corrected chi connectivity index (χ3v) is 2.37. The predicted octanol–water partition coefficient (Wildman–Crippen LogP) is 12.9. The molecule has 0 heterocycles. The Hall–Kier alpha value is -1.08. The maximum atomic E-state index is 13.0. The van der Waals surface area contributed by atoms with E-state index in [-0.39, 0.29) is 101 Å². The van der Waals surface area contributed by atoms with E-state index in [9.17, 15) is 43.9 Å². The molecule has 0 aliphatic rings. The summed E-state index contributed by atoms with van der Waals surface area (Å²) in [5.41, 5.74) is 0. The summed E-state index contributed by atoms with van der Waals surface area (Å²) in [6, 6.07) is 0. The van der Waals surface area contributed by atoms with Crippen LogP contribution in [0.3, 0.4) is 0 Å². The molecule has 38 heavy (non-hydrogen) atoms. The molecule has 3 nitrogen and oxygen atoms in total. The highest BCUT2D eigenvalue weighted by Crippen LogP contribution is 2.42. The minimum atomic E-state index is -5.70. The first kappa shape index (κ1) is 90.7. The molecule has 254 valence electrons. The fourth-order valence-corrected chi connectivity index (χ4v) is 0.710. The second kappa shape index (κ2) is 38.1. The van der Waals surface area contributed by atoms with Crippen molar-refractivity contribution in [3.8, 4) is 0 Å². The lowest BCUT2D eigenvalue weighted by atomic mass is 10.1. The minimum Gasteiger partial charge on any atom is -0.311 e. The molecular weight excluding hydrogens is 538 g/mol. The van der Waals surface area contributed by atoms with E-state index in [0.29, 0.717) is 0 Å². The van der Waals surface area contributed by atoms with E-state index in [0.717, 1.165) is 6.42 Å². The van der Waals surface area contributed by atoms with E-state index < -0.39 is 37.1 Å². The Morgan fingerprint density at radius 3 is 1.13 bits per heavy atom. The van der Waals surface area contributed by atoms with Gasteiger partial charge in [0.15, 0.2) is 5.83 Å².